The number of fused-ring (bicyclic) bond motifs is 1. The van der Waals surface area contributed by atoms with Gasteiger partial charge in [-0.3, -0.25) is 0 Å². The van der Waals surface area contributed by atoms with Crippen LogP contribution in [0.4, 0.5) is 0 Å². The number of sulfonamides is 1. The minimum atomic E-state index is -3.65. The molecule has 118 valence electrons. The van der Waals surface area contributed by atoms with Gasteiger partial charge < -0.3 is 0 Å². The van der Waals surface area contributed by atoms with E-state index in [1.165, 1.54) is 9.87 Å². The van der Waals surface area contributed by atoms with Gasteiger partial charge in [0.05, 0.1) is 17.5 Å². The fourth-order valence-electron chi connectivity index (χ4n) is 3.05. The summed E-state index contributed by atoms with van der Waals surface area (Å²) < 4.78 is 28.3. The fourth-order valence-corrected chi connectivity index (χ4v) is 5.20. The van der Waals surface area contributed by atoms with Gasteiger partial charge in [0.2, 0.25) is 10.0 Å². The fraction of sp³-hybridized carbons (Fsp3) is 0.222. The maximum atomic E-state index is 13.1. The van der Waals surface area contributed by atoms with Crippen LogP contribution in [0.15, 0.2) is 57.9 Å². The number of rotatable bonds is 4. The maximum absolute atomic E-state index is 13.1. The summed E-state index contributed by atoms with van der Waals surface area (Å²) in [5, 5.41) is 0. The van der Waals surface area contributed by atoms with Crippen LogP contribution in [0.3, 0.4) is 0 Å². The lowest BCUT2D eigenvalue weighted by Gasteiger charge is -2.27. The standard InChI is InChI=1S/C18H16BrNO2S/c1-2-12-20(18-11-10-14-6-3-4-9-17(14)18)23(21,22)16-8-5-7-15(19)13-16/h1,3-9,13,18H,10-12H2/t18-/m0/s1. The van der Waals surface area contributed by atoms with Crippen molar-refractivity contribution >= 4 is 26.0 Å². The number of aryl methyl sites for hydroxylation is 1. The number of benzene rings is 2. The second-order valence-corrected chi connectivity index (χ2v) is 8.27. The second kappa shape index (κ2) is 6.48. The maximum Gasteiger partial charge on any atom is 0.244 e. The number of halogens is 1. The van der Waals surface area contributed by atoms with Crippen LogP contribution in [0, 0.1) is 12.3 Å². The molecule has 0 aliphatic heterocycles. The molecular weight excluding hydrogens is 374 g/mol. The Labute approximate surface area is 145 Å². The van der Waals surface area contributed by atoms with E-state index in [1.54, 1.807) is 24.3 Å². The van der Waals surface area contributed by atoms with Crippen LogP contribution < -0.4 is 0 Å². The van der Waals surface area contributed by atoms with Crippen LogP contribution in [0.2, 0.25) is 0 Å². The third kappa shape index (κ3) is 3.07. The van der Waals surface area contributed by atoms with Gasteiger partial charge in [-0.25, -0.2) is 8.42 Å². The van der Waals surface area contributed by atoms with E-state index in [4.69, 9.17) is 6.42 Å². The first-order chi connectivity index (χ1) is 11.0. The van der Waals surface area contributed by atoms with Crippen LogP contribution >= 0.6 is 15.9 Å². The van der Waals surface area contributed by atoms with Crippen molar-refractivity contribution in [3.63, 3.8) is 0 Å². The summed E-state index contributed by atoms with van der Waals surface area (Å²) >= 11 is 3.33. The van der Waals surface area contributed by atoms with E-state index in [9.17, 15) is 8.42 Å². The molecule has 0 aromatic heterocycles. The summed E-state index contributed by atoms with van der Waals surface area (Å²) in [7, 11) is -3.65. The van der Waals surface area contributed by atoms with Crippen LogP contribution in [0.5, 0.6) is 0 Å². The Morgan fingerprint density at radius 2 is 2.00 bits per heavy atom. The van der Waals surface area contributed by atoms with Gasteiger partial charge in [-0.05, 0) is 42.2 Å². The normalized spacial score (nSPS) is 17.0. The van der Waals surface area contributed by atoms with E-state index in [1.807, 2.05) is 18.2 Å². The Bertz CT molecular complexity index is 871. The number of nitrogens with zero attached hydrogens (tertiary/aromatic N) is 1. The summed E-state index contributed by atoms with van der Waals surface area (Å²) in [6, 6.07) is 14.5. The molecule has 23 heavy (non-hydrogen) atoms. The second-order valence-electron chi connectivity index (χ2n) is 5.47. The molecule has 1 aliphatic rings. The van der Waals surface area contributed by atoms with Crippen LogP contribution in [-0.4, -0.2) is 19.3 Å². The molecule has 0 radical (unpaired) electrons. The van der Waals surface area contributed by atoms with Crippen molar-refractivity contribution in [3.8, 4) is 12.3 Å². The average molecular weight is 390 g/mol. The topological polar surface area (TPSA) is 37.4 Å². The smallest absolute Gasteiger partial charge is 0.207 e. The van der Waals surface area contributed by atoms with Crippen molar-refractivity contribution in [3.05, 3.63) is 64.1 Å². The number of hydrogen-bond acceptors (Lipinski definition) is 2. The molecule has 5 heteroatoms. The number of hydrogen-bond donors (Lipinski definition) is 0. The molecular formula is C18H16BrNO2S. The van der Waals surface area contributed by atoms with Gasteiger partial charge in [-0.2, -0.15) is 4.31 Å². The minimum Gasteiger partial charge on any atom is -0.207 e. The van der Waals surface area contributed by atoms with Crippen LogP contribution in [-0.2, 0) is 16.4 Å². The highest BCUT2D eigenvalue weighted by Crippen LogP contribution is 2.38. The largest absolute Gasteiger partial charge is 0.244 e. The van der Waals surface area contributed by atoms with Crippen molar-refractivity contribution in [1.29, 1.82) is 0 Å². The average Bonchev–Trinajstić information content (AvgIpc) is 2.96. The highest BCUT2D eigenvalue weighted by Gasteiger charge is 2.35. The Morgan fingerprint density at radius 3 is 2.74 bits per heavy atom. The highest BCUT2D eigenvalue weighted by molar-refractivity contribution is 9.10. The first kappa shape index (κ1) is 16.3. The summed E-state index contributed by atoms with van der Waals surface area (Å²) in [4.78, 5) is 0.256. The van der Waals surface area contributed by atoms with E-state index in [2.05, 4.69) is 27.9 Å². The van der Waals surface area contributed by atoms with Crippen LogP contribution in [0.25, 0.3) is 0 Å². The van der Waals surface area contributed by atoms with Crippen molar-refractivity contribution in [2.24, 2.45) is 0 Å². The third-order valence-corrected chi connectivity index (χ3v) is 6.44. The third-order valence-electron chi connectivity index (χ3n) is 4.10. The molecule has 0 bridgehead atoms. The molecule has 0 spiro atoms. The quantitative estimate of drug-likeness (QED) is 0.746. The summed E-state index contributed by atoms with van der Waals surface area (Å²) in [5.41, 5.74) is 2.25. The Morgan fingerprint density at radius 1 is 1.22 bits per heavy atom. The van der Waals surface area contributed by atoms with Gasteiger partial charge in [0.25, 0.3) is 0 Å². The zero-order valence-corrected chi connectivity index (χ0v) is 14.8. The van der Waals surface area contributed by atoms with Crippen molar-refractivity contribution in [2.45, 2.75) is 23.8 Å². The predicted molar refractivity (Wildman–Crippen MR) is 94.4 cm³/mol. The number of terminal acetylenes is 1. The van der Waals surface area contributed by atoms with Gasteiger partial charge in [0.15, 0.2) is 0 Å². The van der Waals surface area contributed by atoms with Crippen molar-refractivity contribution in [2.75, 3.05) is 6.54 Å². The van der Waals surface area contributed by atoms with Crippen molar-refractivity contribution in [1.82, 2.24) is 4.31 Å². The Balaban J connectivity index is 2.05. The van der Waals surface area contributed by atoms with Gasteiger partial charge in [-0.1, -0.05) is 52.2 Å². The molecule has 0 amide bonds. The highest BCUT2D eigenvalue weighted by atomic mass is 79.9. The van der Waals surface area contributed by atoms with E-state index < -0.39 is 10.0 Å². The van der Waals surface area contributed by atoms with Gasteiger partial charge in [0.1, 0.15) is 0 Å². The van der Waals surface area contributed by atoms with E-state index in [-0.39, 0.29) is 17.5 Å². The molecule has 2 aromatic carbocycles. The zero-order valence-electron chi connectivity index (χ0n) is 12.4. The molecule has 0 saturated carbocycles. The molecule has 0 saturated heterocycles. The Hall–Kier alpha value is -1.61. The first-order valence-corrected chi connectivity index (χ1v) is 9.56. The van der Waals surface area contributed by atoms with Crippen molar-refractivity contribution < 1.29 is 8.42 Å². The van der Waals surface area contributed by atoms with E-state index in [0.29, 0.717) is 0 Å². The molecule has 0 unspecified atom stereocenters. The molecule has 0 heterocycles. The van der Waals surface area contributed by atoms with E-state index in [0.717, 1.165) is 22.9 Å². The van der Waals surface area contributed by atoms with Gasteiger partial charge >= 0.3 is 0 Å². The molecule has 2 aromatic rings. The first-order valence-electron chi connectivity index (χ1n) is 7.32. The monoisotopic (exact) mass is 389 g/mol. The molecule has 0 fully saturated rings. The molecule has 3 rings (SSSR count). The lowest BCUT2D eigenvalue weighted by atomic mass is 10.1. The van der Waals surface area contributed by atoms with Gasteiger partial charge in [0, 0.05) is 4.47 Å². The van der Waals surface area contributed by atoms with E-state index >= 15 is 0 Å². The zero-order chi connectivity index (χ0) is 16.4. The SMILES string of the molecule is C#CCN([C@H]1CCc2ccccc21)S(=O)(=O)c1cccc(Br)c1. The lowest BCUT2D eigenvalue weighted by Crippen LogP contribution is -2.34. The molecule has 0 N–H and O–H groups in total. The molecule has 1 aliphatic carbocycles. The Kier molecular flexibility index (Phi) is 4.58. The van der Waals surface area contributed by atoms with Gasteiger partial charge in [-0.15, -0.1) is 6.42 Å². The van der Waals surface area contributed by atoms with Crippen LogP contribution in [0.1, 0.15) is 23.6 Å². The summed E-state index contributed by atoms with van der Waals surface area (Å²) in [5.74, 6) is 2.50. The summed E-state index contributed by atoms with van der Waals surface area (Å²) in [6.45, 7) is 0.0633. The lowest BCUT2D eigenvalue weighted by molar-refractivity contribution is 0.352. The summed E-state index contributed by atoms with van der Waals surface area (Å²) in [6.07, 6.45) is 7.09. The minimum absolute atomic E-state index is 0.0633. The molecule has 3 nitrogen and oxygen atoms in total. The molecule has 1 atom stereocenters. The predicted octanol–water partition coefficient (Wildman–Crippen LogP) is 3.76.